The van der Waals surface area contributed by atoms with Crippen molar-refractivity contribution in [3.8, 4) is 0 Å². The van der Waals surface area contributed by atoms with Gasteiger partial charge in [-0.3, -0.25) is 0 Å². The van der Waals surface area contributed by atoms with Crippen LogP contribution in [0.1, 0.15) is 6.92 Å². The SMILES string of the molecule is CC1=C(N)CNO1. The fourth-order valence-electron chi connectivity index (χ4n) is 0.412. The van der Waals surface area contributed by atoms with Crippen LogP contribution in [-0.2, 0) is 4.84 Å². The van der Waals surface area contributed by atoms with Gasteiger partial charge in [0, 0.05) is 0 Å². The van der Waals surface area contributed by atoms with E-state index in [0.29, 0.717) is 6.54 Å². The topological polar surface area (TPSA) is 47.3 Å². The summed E-state index contributed by atoms with van der Waals surface area (Å²) < 4.78 is 0. The van der Waals surface area contributed by atoms with Crippen molar-refractivity contribution < 1.29 is 4.84 Å². The van der Waals surface area contributed by atoms with Crippen LogP contribution in [0.3, 0.4) is 0 Å². The fourth-order valence-corrected chi connectivity index (χ4v) is 0.412. The number of allylic oxidation sites excluding steroid dienone is 1. The summed E-state index contributed by atoms with van der Waals surface area (Å²) in [5.74, 6) is 0.792. The first-order valence-electron chi connectivity index (χ1n) is 2.15. The molecule has 7 heavy (non-hydrogen) atoms. The zero-order valence-electron chi connectivity index (χ0n) is 4.19. The van der Waals surface area contributed by atoms with Crippen LogP contribution >= 0.6 is 0 Å². The second kappa shape index (κ2) is 1.42. The normalized spacial score (nSPS) is 20.1. The Labute approximate surface area is 42.1 Å². The van der Waals surface area contributed by atoms with Crippen molar-refractivity contribution in [2.24, 2.45) is 5.73 Å². The maximum Gasteiger partial charge on any atom is 0.141 e. The summed E-state index contributed by atoms with van der Waals surface area (Å²) >= 11 is 0. The van der Waals surface area contributed by atoms with Gasteiger partial charge in [0.1, 0.15) is 5.76 Å². The van der Waals surface area contributed by atoms with Crippen molar-refractivity contribution in [1.29, 1.82) is 0 Å². The van der Waals surface area contributed by atoms with Crippen LogP contribution in [0.25, 0.3) is 0 Å². The molecule has 1 rings (SSSR count). The summed E-state index contributed by atoms with van der Waals surface area (Å²) in [6, 6.07) is 0. The number of hydrogen-bond acceptors (Lipinski definition) is 3. The van der Waals surface area contributed by atoms with Crippen LogP contribution in [-0.4, -0.2) is 6.54 Å². The molecule has 1 heterocycles. The second-order valence-electron chi connectivity index (χ2n) is 1.50. The maximum atomic E-state index is 5.37. The molecule has 1 aliphatic heterocycles. The zero-order valence-corrected chi connectivity index (χ0v) is 4.19. The smallest absolute Gasteiger partial charge is 0.141 e. The van der Waals surface area contributed by atoms with E-state index in [0.717, 1.165) is 11.5 Å². The number of hydrogen-bond donors (Lipinski definition) is 2. The standard InChI is InChI=1S/C4H8N2O/c1-3-4(5)2-6-7-3/h6H,2,5H2,1H3. The van der Waals surface area contributed by atoms with Gasteiger partial charge in [0.25, 0.3) is 0 Å². The predicted molar refractivity (Wildman–Crippen MR) is 26.0 cm³/mol. The molecular weight excluding hydrogens is 92.1 g/mol. The molecule has 0 spiro atoms. The number of rotatable bonds is 0. The van der Waals surface area contributed by atoms with Crippen LogP contribution in [0.4, 0.5) is 0 Å². The van der Waals surface area contributed by atoms with Gasteiger partial charge in [0.05, 0.1) is 12.2 Å². The predicted octanol–water partition coefficient (Wildman–Crippen LogP) is -0.289. The van der Waals surface area contributed by atoms with Gasteiger partial charge in [-0.25, -0.2) is 0 Å². The lowest BCUT2D eigenvalue weighted by Crippen LogP contribution is -2.09. The van der Waals surface area contributed by atoms with Crippen LogP contribution < -0.4 is 11.2 Å². The Morgan fingerprint density at radius 3 is 2.71 bits per heavy atom. The molecule has 0 amide bonds. The third kappa shape index (κ3) is 0.667. The molecule has 0 unspecified atom stereocenters. The van der Waals surface area contributed by atoms with Gasteiger partial charge < -0.3 is 10.6 Å². The van der Waals surface area contributed by atoms with Gasteiger partial charge >= 0.3 is 0 Å². The van der Waals surface area contributed by atoms with Gasteiger partial charge in [0.15, 0.2) is 0 Å². The van der Waals surface area contributed by atoms with Crippen LogP contribution in [0.2, 0.25) is 0 Å². The van der Waals surface area contributed by atoms with E-state index < -0.39 is 0 Å². The first kappa shape index (κ1) is 4.46. The van der Waals surface area contributed by atoms with Crippen molar-refractivity contribution >= 4 is 0 Å². The minimum Gasteiger partial charge on any atom is -0.411 e. The zero-order chi connectivity index (χ0) is 5.28. The Bertz CT molecular complexity index is 96.3. The fraction of sp³-hybridized carbons (Fsp3) is 0.500. The molecule has 3 N–H and O–H groups in total. The molecule has 40 valence electrons. The number of hydroxylamine groups is 1. The van der Waals surface area contributed by atoms with E-state index >= 15 is 0 Å². The Balaban J connectivity index is 2.64. The number of nitrogens with two attached hydrogens (primary N) is 1. The highest BCUT2D eigenvalue weighted by molar-refractivity contribution is 5.06. The summed E-state index contributed by atoms with van der Waals surface area (Å²) in [7, 11) is 0. The monoisotopic (exact) mass is 100 g/mol. The molecular formula is C4H8N2O. The van der Waals surface area contributed by atoms with Crippen LogP contribution in [0.15, 0.2) is 11.5 Å². The summed E-state index contributed by atoms with van der Waals surface area (Å²) in [6.07, 6.45) is 0. The van der Waals surface area contributed by atoms with Gasteiger partial charge in [-0.2, -0.15) is 5.48 Å². The van der Waals surface area contributed by atoms with Crippen LogP contribution in [0.5, 0.6) is 0 Å². The van der Waals surface area contributed by atoms with Gasteiger partial charge in [0.2, 0.25) is 0 Å². The van der Waals surface area contributed by atoms with E-state index in [1.54, 1.807) is 0 Å². The lowest BCUT2D eigenvalue weighted by molar-refractivity contribution is 0.141. The van der Waals surface area contributed by atoms with E-state index in [9.17, 15) is 0 Å². The molecule has 1 aliphatic rings. The van der Waals surface area contributed by atoms with Crippen molar-refractivity contribution in [3.05, 3.63) is 11.5 Å². The maximum absolute atomic E-state index is 5.37. The molecule has 0 saturated carbocycles. The molecule has 0 bridgehead atoms. The number of nitrogens with one attached hydrogen (secondary N) is 1. The molecule has 0 radical (unpaired) electrons. The molecule has 0 aliphatic carbocycles. The van der Waals surface area contributed by atoms with Gasteiger partial charge in [-0.15, -0.1) is 0 Å². The Kier molecular flexibility index (Phi) is 0.906. The van der Waals surface area contributed by atoms with Gasteiger partial charge in [-0.05, 0) is 6.92 Å². The first-order valence-corrected chi connectivity index (χ1v) is 2.15. The summed E-state index contributed by atoms with van der Waals surface area (Å²) in [4.78, 5) is 4.77. The molecule has 3 nitrogen and oxygen atoms in total. The molecule has 0 fully saturated rings. The highest BCUT2D eigenvalue weighted by Crippen LogP contribution is 2.02. The van der Waals surface area contributed by atoms with Crippen molar-refractivity contribution in [1.82, 2.24) is 5.48 Å². The minimum atomic E-state index is 0.659. The molecule has 0 aromatic carbocycles. The average Bonchev–Trinajstić information content (AvgIpc) is 1.91. The quantitative estimate of drug-likeness (QED) is 0.440. The minimum absolute atomic E-state index is 0.659. The highest BCUT2D eigenvalue weighted by atomic mass is 16.7. The van der Waals surface area contributed by atoms with Crippen molar-refractivity contribution in [2.45, 2.75) is 6.92 Å². The largest absolute Gasteiger partial charge is 0.411 e. The highest BCUT2D eigenvalue weighted by Gasteiger charge is 2.05. The third-order valence-corrected chi connectivity index (χ3v) is 0.940. The summed E-state index contributed by atoms with van der Waals surface area (Å²) in [5.41, 5.74) is 8.78. The van der Waals surface area contributed by atoms with Gasteiger partial charge in [-0.1, -0.05) is 0 Å². The second-order valence-corrected chi connectivity index (χ2v) is 1.50. The average molecular weight is 100 g/mol. The van der Waals surface area contributed by atoms with E-state index in [4.69, 9.17) is 10.6 Å². The van der Waals surface area contributed by atoms with E-state index in [-0.39, 0.29) is 0 Å². The molecule has 0 atom stereocenters. The third-order valence-electron chi connectivity index (χ3n) is 0.940. The molecule has 0 aromatic rings. The summed E-state index contributed by atoms with van der Waals surface area (Å²) in [6.45, 7) is 2.49. The lowest BCUT2D eigenvalue weighted by atomic mass is 10.4. The van der Waals surface area contributed by atoms with E-state index in [1.165, 1.54) is 0 Å². The Hall–Kier alpha value is -0.700. The van der Waals surface area contributed by atoms with Crippen molar-refractivity contribution in [3.63, 3.8) is 0 Å². The lowest BCUT2D eigenvalue weighted by Gasteiger charge is -1.90. The van der Waals surface area contributed by atoms with Crippen molar-refractivity contribution in [2.75, 3.05) is 6.54 Å². The molecule has 0 aromatic heterocycles. The van der Waals surface area contributed by atoms with Crippen LogP contribution in [0, 0.1) is 0 Å². The Morgan fingerprint density at radius 1 is 1.86 bits per heavy atom. The molecule has 3 heteroatoms. The molecule has 0 saturated heterocycles. The van der Waals surface area contributed by atoms with E-state index in [2.05, 4.69) is 5.48 Å². The summed E-state index contributed by atoms with van der Waals surface area (Å²) in [5, 5.41) is 0. The Morgan fingerprint density at radius 2 is 2.57 bits per heavy atom. The first-order chi connectivity index (χ1) is 3.30. The van der Waals surface area contributed by atoms with E-state index in [1.807, 2.05) is 6.92 Å².